The van der Waals surface area contributed by atoms with Crippen LogP contribution in [0.2, 0.25) is 0 Å². The van der Waals surface area contributed by atoms with Crippen LogP contribution in [0.15, 0.2) is 12.1 Å². The first-order valence-electron chi connectivity index (χ1n) is 5.59. The summed E-state index contributed by atoms with van der Waals surface area (Å²) in [7, 11) is 0. The number of fused-ring (bicyclic) bond motifs is 1. The van der Waals surface area contributed by atoms with Gasteiger partial charge in [-0.3, -0.25) is 4.79 Å². The Labute approximate surface area is 102 Å². The molecule has 0 saturated heterocycles. The zero-order chi connectivity index (χ0) is 13.5. The van der Waals surface area contributed by atoms with Crippen molar-refractivity contribution in [3.63, 3.8) is 0 Å². The maximum absolute atomic E-state index is 12.3. The third-order valence-corrected chi connectivity index (χ3v) is 3.09. The van der Waals surface area contributed by atoms with Crippen molar-refractivity contribution in [2.75, 3.05) is 5.73 Å². The maximum atomic E-state index is 12.3. The number of aryl methyl sites for hydroxylation is 1. The van der Waals surface area contributed by atoms with E-state index in [1.54, 1.807) is 12.1 Å². The van der Waals surface area contributed by atoms with Crippen LogP contribution in [0.3, 0.4) is 0 Å². The van der Waals surface area contributed by atoms with Crippen LogP contribution in [0.1, 0.15) is 23.6 Å². The average molecular weight is 258 g/mol. The summed E-state index contributed by atoms with van der Waals surface area (Å²) >= 11 is 0. The number of carbonyl (C=O) groups is 1. The van der Waals surface area contributed by atoms with E-state index in [9.17, 15) is 18.0 Å². The second-order valence-corrected chi connectivity index (χ2v) is 4.33. The van der Waals surface area contributed by atoms with Gasteiger partial charge in [0, 0.05) is 18.8 Å². The van der Waals surface area contributed by atoms with E-state index in [0.29, 0.717) is 17.7 Å². The lowest BCUT2D eigenvalue weighted by Crippen LogP contribution is -2.37. The Morgan fingerprint density at radius 2 is 1.89 bits per heavy atom. The van der Waals surface area contributed by atoms with Gasteiger partial charge in [-0.2, -0.15) is 13.2 Å². The molecule has 0 saturated carbocycles. The summed E-state index contributed by atoms with van der Waals surface area (Å²) in [6.45, 7) is 1.90. The summed E-state index contributed by atoms with van der Waals surface area (Å²) in [6, 6.07) is 3.45. The molecule has 1 aromatic carbocycles. The fourth-order valence-corrected chi connectivity index (χ4v) is 2.15. The molecular weight excluding hydrogens is 245 g/mol. The van der Waals surface area contributed by atoms with Crippen molar-refractivity contribution in [3.8, 4) is 0 Å². The molecule has 1 aliphatic heterocycles. The van der Waals surface area contributed by atoms with Crippen LogP contribution in [-0.2, 0) is 24.3 Å². The van der Waals surface area contributed by atoms with Gasteiger partial charge >= 0.3 is 12.1 Å². The second-order valence-electron chi connectivity index (χ2n) is 4.33. The number of carbonyl (C=O) groups excluding carboxylic acids is 1. The molecule has 0 spiro atoms. The third-order valence-electron chi connectivity index (χ3n) is 3.09. The highest BCUT2D eigenvalue weighted by molar-refractivity contribution is 5.82. The molecule has 0 fully saturated rings. The average Bonchev–Trinajstić information content (AvgIpc) is 2.67. The van der Waals surface area contributed by atoms with Crippen LogP contribution in [0.4, 0.5) is 18.9 Å². The number of nitrogen functional groups attached to an aromatic ring is 1. The molecule has 2 rings (SSSR count). The number of amides is 1. The maximum Gasteiger partial charge on any atom is 0.471 e. The summed E-state index contributed by atoms with van der Waals surface area (Å²) in [5.74, 6) is -1.80. The van der Waals surface area contributed by atoms with Crippen molar-refractivity contribution in [2.24, 2.45) is 0 Å². The van der Waals surface area contributed by atoms with Crippen LogP contribution < -0.4 is 5.73 Å². The lowest BCUT2D eigenvalue weighted by Gasteiger charge is -2.16. The number of nitrogens with two attached hydrogens (primary N) is 1. The third kappa shape index (κ3) is 2.14. The molecule has 0 aliphatic carbocycles. The number of hydrogen-bond acceptors (Lipinski definition) is 2. The van der Waals surface area contributed by atoms with E-state index >= 15 is 0 Å². The van der Waals surface area contributed by atoms with E-state index in [1.807, 2.05) is 6.92 Å². The van der Waals surface area contributed by atoms with Crippen LogP contribution in [0.5, 0.6) is 0 Å². The molecule has 0 atom stereocenters. The molecule has 0 aromatic heterocycles. The summed E-state index contributed by atoms with van der Waals surface area (Å²) in [5.41, 5.74) is 8.70. The standard InChI is InChI=1S/C12H13F3N2O/c1-2-7-3-8-5-17(11(18)12(13,14)15)6-9(8)4-10(7)16/h3-4H,2,5-6,16H2,1H3. The fraction of sp³-hybridized carbons (Fsp3) is 0.417. The molecule has 2 N–H and O–H groups in total. The quantitative estimate of drug-likeness (QED) is 0.785. The van der Waals surface area contributed by atoms with Gasteiger partial charge in [0.2, 0.25) is 0 Å². The van der Waals surface area contributed by atoms with Gasteiger partial charge in [0.25, 0.3) is 0 Å². The Morgan fingerprint density at radius 3 is 2.39 bits per heavy atom. The molecule has 1 aromatic rings. The lowest BCUT2D eigenvalue weighted by molar-refractivity contribution is -0.186. The smallest absolute Gasteiger partial charge is 0.398 e. The van der Waals surface area contributed by atoms with E-state index in [1.165, 1.54) is 0 Å². The second kappa shape index (κ2) is 4.19. The predicted octanol–water partition coefficient (Wildman–Crippen LogP) is 2.24. The summed E-state index contributed by atoms with van der Waals surface area (Å²) in [6.07, 6.45) is -4.10. The normalized spacial score (nSPS) is 14.8. The van der Waals surface area contributed by atoms with Crippen LogP contribution in [0, 0.1) is 0 Å². The molecule has 98 valence electrons. The molecule has 1 amide bonds. The van der Waals surface area contributed by atoms with Crippen molar-refractivity contribution in [1.82, 2.24) is 4.90 Å². The molecule has 1 aliphatic rings. The van der Waals surface area contributed by atoms with Gasteiger partial charge in [-0.25, -0.2) is 0 Å². The van der Waals surface area contributed by atoms with E-state index in [4.69, 9.17) is 5.73 Å². The summed E-state index contributed by atoms with van der Waals surface area (Å²) < 4.78 is 37.0. The minimum absolute atomic E-state index is 0.000949. The minimum atomic E-state index is -4.82. The molecular formula is C12H13F3N2O. The molecule has 0 radical (unpaired) electrons. The predicted molar refractivity (Wildman–Crippen MR) is 60.5 cm³/mol. The van der Waals surface area contributed by atoms with Gasteiger partial charge in [-0.05, 0) is 29.2 Å². The monoisotopic (exact) mass is 258 g/mol. The van der Waals surface area contributed by atoms with E-state index in [0.717, 1.165) is 16.0 Å². The lowest BCUT2D eigenvalue weighted by atomic mass is 10.0. The molecule has 18 heavy (non-hydrogen) atoms. The minimum Gasteiger partial charge on any atom is -0.398 e. The first-order valence-corrected chi connectivity index (χ1v) is 5.59. The Hall–Kier alpha value is -1.72. The SMILES string of the molecule is CCc1cc2c(cc1N)CN(C(=O)C(F)(F)F)C2. The summed E-state index contributed by atoms with van der Waals surface area (Å²) in [5, 5.41) is 0. The molecule has 6 heteroatoms. The van der Waals surface area contributed by atoms with Crippen molar-refractivity contribution < 1.29 is 18.0 Å². The van der Waals surface area contributed by atoms with Crippen molar-refractivity contribution in [1.29, 1.82) is 0 Å². The van der Waals surface area contributed by atoms with E-state index in [2.05, 4.69) is 0 Å². The highest BCUT2D eigenvalue weighted by atomic mass is 19.4. The Balaban J connectivity index is 2.26. The zero-order valence-corrected chi connectivity index (χ0v) is 9.84. The van der Waals surface area contributed by atoms with Crippen molar-refractivity contribution in [3.05, 3.63) is 28.8 Å². The molecule has 0 unspecified atom stereocenters. The number of nitrogens with zero attached hydrogens (tertiary/aromatic N) is 1. The Kier molecular flexibility index (Phi) is 2.96. The highest BCUT2D eigenvalue weighted by Gasteiger charge is 2.44. The topological polar surface area (TPSA) is 46.3 Å². The number of alkyl halides is 3. The van der Waals surface area contributed by atoms with E-state index < -0.39 is 12.1 Å². The number of benzene rings is 1. The highest BCUT2D eigenvalue weighted by Crippen LogP contribution is 2.30. The van der Waals surface area contributed by atoms with Gasteiger partial charge in [0.05, 0.1) is 0 Å². The number of halogens is 3. The molecule has 1 heterocycles. The largest absolute Gasteiger partial charge is 0.471 e. The Bertz CT molecular complexity index is 497. The van der Waals surface area contributed by atoms with Gasteiger partial charge in [0.15, 0.2) is 0 Å². The van der Waals surface area contributed by atoms with Gasteiger partial charge < -0.3 is 10.6 Å². The first kappa shape index (κ1) is 12.7. The van der Waals surface area contributed by atoms with Crippen LogP contribution >= 0.6 is 0 Å². The van der Waals surface area contributed by atoms with Gasteiger partial charge in [-0.1, -0.05) is 13.0 Å². The van der Waals surface area contributed by atoms with Gasteiger partial charge in [-0.15, -0.1) is 0 Å². The van der Waals surface area contributed by atoms with Crippen LogP contribution in [0.25, 0.3) is 0 Å². The summed E-state index contributed by atoms with van der Waals surface area (Å²) in [4.78, 5) is 11.9. The molecule has 3 nitrogen and oxygen atoms in total. The van der Waals surface area contributed by atoms with Crippen molar-refractivity contribution in [2.45, 2.75) is 32.6 Å². The van der Waals surface area contributed by atoms with Crippen molar-refractivity contribution >= 4 is 11.6 Å². The number of anilines is 1. The first-order chi connectivity index (χ1) is 8.32. The number of hydrogen-bond donors (Lipinski definition) is 1. The van der Waals surface area contributed by atoms with Gasteiger partial charge in [0.1, 0.15) is 0 Å². The Morgan fingerprint density at radius 1 is 1.33 bits per heavy atom. The zero-order valence-electron chi connectivity index (χ0n) is 9.84. The van der Waals surface area contributed by atoms with Crippen LogP contribution in [-0.4, -0.2) is 17.0 Å². The number of rotatable bonds is 1. The van der Waals surface area contributed by atoms with E-state index in [-0.39, 0.29) is 13.1 Å². The molecule has 0 bridgehead atoms. The fourth-order valence-electron chi connectivity index (χ4n) is 2.15.